The minimum Gasteiger partial charge on any atom is -0.479 e. The van der Waals surface area contributed by atoms with Gasteiger partial charge in [-0.15, -0.1) is 0 Å². The minimum absolute atomic E-state index is 0.186. The van der Waals surface area contributed by atoms with Gasteiger partial charge >= 0.3 is 0 Å². The predicted molar refractivity (Wildman–Crippen MR) is 29.7 cm³/mol. The molecule has 7 heavy (non-hydrogen) atoms. The smallest absolute Gasteiger partial charge is 0.0763 e. The van der Waals surface area contributed by atoms with Crippen molar-refractivity contribution in [1.29, 1.82) is 0 Å². The molecule has 0 aliphatic carbocycles. The van der Waals surface area contributed by atoms with Crippen molar-refractivity contribution < 1.29 is 4.84 Å². The van der Waals surface area contributed by atoms with Gasteiger partial charge in [-0.05, 0) is 20.8 Å². The summed E-state index contributed by atoms with van der Waals surface area (Å²) < 4.78 is 0. The molecule has 2 nitrogen and oxygen atoms in total. The predicted octanol–water partition coefficient (Wildman–Crippen LogP) is 0.390. The molecule has 0 rings (SSSR count). The van der Waals surface area contributed by atoms with Crippen LogP contribution in [0.1, 0.15) is 20.8 Å². The van der Waals surface area contributed by atoms with E-state index >= 15 is 0 Å². The minimum atomic E-state index is -0.186. The van der Waals surface area contributed by atoms with Crippen LogP contribution >= 0.6 is 0 Å². The Hall–Kier alpha value is -0.0151. The molecular formula is C4H10BNO-. The Balaban J connectivity index is 3.15. The van der Waals surface area contributed by atoms with E-state index in [-0.39, 0.29) is 5.60 Å². The monoisotopic (exact) mass is 99.1 g/mol. The van der Waals surface area contributed by atoms with E-state index in [0.717, 1.165) is 0 Å². The van der Waals surface area contributed by atoms with Gasteiger partial charge in [-0.25, -0.2) is 0 Å². The van der Waals surface area contributed by atoms with Crippen molar-refractivity contribution >= 4 is 7.98 Å². The van der Waals surface area contributed by atoms with Gasteiger partial charge in [0.05, 0.1) is 5.60 Å². The van der Waals surface area contributed by atoms with Crippen molar-refractivity contribution in [2.75, 3.05) is 0 Å². The van der Waals surface area contributed by atoms with Gasteiger partial charge in [0.1, 0.15) is 0 Å². The second-order valence-electron chi connectivity index (χ2n) is 2.33. The number of rotatable bonds is 1. The van der Waals surface area contributed by atoms with Crippen molar-refractivity contribution in [3.05, 3.63) is 0 Å². The van der Waals surface area contributed by atoms with E-state index in [9.17, 15) is 0 Å². The van der Waals surface area contributed by atoms with Crippen molar-refractivity contribution in [1.82, 2.24) is 5.39 Å². The van der Waals surface area contributed by atoms with Crippen LogP contribution in [0.25, 0.3) is 0 Å². The van der Waals surface area contributed by atoms with Gasteiger partial charge < -0.3 is 18.2 Å². The molecule has 1 N–H and O–H groups in total. The first-order valence-corrected chi connectivity index (χ1v) is 2.20. The van der Waals surface area contributed by atoms with Crippen LogP contribution in [-0.2, 0) is 4.84 Å². The molecule has 0 unspecified atom stereocenters. The third-order valence-corrected chi connectivity index (χ3v) is 0.365. The zero-order chi connectivity index (χ0) is 5.91. The highest BCUT2D eigenvalue weighted by Gasteiger charge is 2.04. The fraction of sp³-hybridized carbons (Fsp3) is 1.00. The highest BCUT2D eigenvalue weighted by molar-refractivity contribution is 6.03. The molecule has 41 valence electrons. The maximum absolute atomic E-state index is 4.84. The number of hydrogen-bond donors (Lipinski definition) is 1. The standard InChI is InChI=1S/C4H10BNO/c1-4(2,3)7-6-5/h6H,1-3H3/q-1. The molecule has 0 aromatic rings. The Morgan fingerprint density at radius 2 is 1.86 bits per heavy atom. The Labute approximate surface area is 45.6 Å². The van der Waals surface area contributed by atoms with Crippen molar-refractivity contribution in [2.24, 2.45) is 0 Å². The lowest BCUT2D eigenvalue weighted by Gasteiger charge is -2.24. The zero-order valence-corrected chi connectivity index (χ0v) is 4.99. The second kappa shape index (κ2) is 2.33. The summed E-state index contributed by atoms with van der Waals surface area (Å²) in [6, 6.07) is 0. The SMILES string of the molecule is [B-]NOC(C)(C)C. The lowest BCUT2D eigenvalue weighted by atomic mass is 10.2. The van der Waals surface area contributed by atoms with E-state index in [1.54, 1.807) is 0 Å². The lowest BCUT2D eigenvalue weighted by Crippen LogP contribution is -2.27. The topological polar surface area (TPSA) is 21.3 Å². The lowest BCUT2D eigenvalue weighted by molar-refractivity contribution is -0.0354. The van der Waals surface area contributed by atoms with Gasteiger partial charge in [0, 0.05) is 0 Å². The Kier molecular flexibility index (Phi) is 2.33. The summed E-state index contributed by atoms with van der Waals surface area (Å²) in [5.74, 6) is 0. The molecule has 0 bridgehead atoms. The van der Waals surface area contributed by atoms with Gasteiger partial charge in [0.25, 0.3) is 0 Å². The number of hydrogen-bond acceptors (Lipinski definition) is 2. The van der Waals surface area contributed by atoms with Crippen LogP contribution in [0.3, 0.4) is 0 Å². The molecule has 0 amide bonds. The van der Waals surface area contributed by atoms with Gasteiger partial charge in [0.2, 0.25) is 0 Å². The molecule has 0 spiro atoms. The molecule has 0 aliphatic heterocycles. The normalized spacial score (nSPS) is 12.0. The molecule has 0 atom stereocenters. The van der Waals surface area contributed by atoms with Crippen LogP contribution in [0.5, 0.6) is 0 Å². The van der Waals surface area contributed by atoms with E-state index < -0.39 is 0 Å². The molecule has 0 aromatic carbocycles. The van der Waals surface area contributed by atoms with Crippen molar-refractivity contribution in [3.8, 4) is 0 Å². The molecule has 3 heteroatoms. The fourth-order valence-electron chi connectivity index (χ4n) is 0.177. The molecule has 0 heterocycles. The van der Waals surface area contributed by atoms with Gasteiger partial charge in [-0.1, -0.05) is 0 Å². The first-order chi connectivity index (χ1) is 3.06. The third-order valence-electron chi connectivity index (χ3n) is 0.365. The highest BCUT2D eigenvalue weighted by atomic mass is 16.7. The molecule has 3 radical (unpaired) electrons. The molecule has 0 saturated heterocycles. The fourth-order valence-corrected chi connectivity index (χ4v) is 0.177. The third kappa shape index (κ3) is 5.98. The van der Waals surface area contributed by atoms with E-state index in [1.165, 1.54) is 0 Å². The summed E-state index contributed by atoms with van der Waals surface area (Å²) >= 11 is 0. The van der Waals surface area contributed by atoms with Crippen LogP contribution in [-0.4, -0.2) is 13.6 Å². The van der Waals surface area contributed by atoms with Gasteiger partial charge in [0.15, 0.2) is 0 Å². The van der Waals surface area contributed by atoms with E-state index in [1.807, 2.05) is 20.8 Å². The van der Waals surface area contributed by atoms with E-state index in [2.05, 4.69) is 5.39 Å². The molecule has 0 aromatic heterocycles. The summed E-state index contributed by atoms with van der Waals surface area (Å²) in [6.45, 7) is 5.73. The van der Waals surface area contributed by atoms with Crippen LogP contribution < -0.4 is 5.39 Å². The van der Waals surface area contributed by atoms with Crippen LogP contribution in [0.4, 0.5) is 0 Å². The summed E-state index contributed by atoms with van der Waals surface area (Å²) in [4.78, 5) is 4.76. The second-order valence-corrected chi connectivity index (χ2v) is 2.33. The average molecular weight is 98.9 g/mol. The van der Waals surface area contributed by atoms with E-state index in [0.29, 0.717) is 0 Å². The summed E-state index contributed by atoms with van der Waals surface area (Å²) in [5, 5.41) is 2.11. The van der Waals surface area contributed by atoms with Crippen LogP contribution in [0.15, 0.2) is 0 Å². The van der Waals surface area contributed by atoms with Gasteiger partial charge in [-0.3, -0.25) is 0 Å². The van der Waals surface area contributed by atoms with Crippen molar-refractivity contribution in [2.45, 2.75) is 26.4 Å². The number of nitrogens with one attached hydrogen (secondary N) is 1. The van der Waals surface area contributed by atoms with Crippen molar-refractivity contribution in [3.63, 3.8) is 0 Å². The summed E-state index contributed by atoms with van der Waals surface area (Å²) in [7, 11) is 4.84. The molecule has 0 saturated carbocycles. The summed E-state index contributed by atoms with van der Waals surface area (Å²) in [6.07, 6.45) is 0. The largest absolute Gasteiger partial charge is 0.479 e. The maximum Gasteiger partial charge on any atom is 0.0763 e. The molecular weight excluding hydrogens is 88.9 g/mol. The highest BCUT2D eigenvalue weighted by Crippen LogP contribution is 2.01. The molecule has 0 fully saturated rings. The Morgan fingerprint density at radius 3 is 1.86 bits per heavy atom. The van der Waals surface area contributed by atoms with Crippen LogP contribution in [0.2, 0.25) is 0 Å². The maximum atomic E-state index is 4.84. The first kappa shape index (κ1) is 6.98. The first-order valence-electron chi connectivity index (χ1n) is 2.20. The van der Waals surface area contributed by atoms with Crippen LogP contribution in [0, 0.1) is 0 Å². The average Bonchev–Trinajstić information content (AvgIpc) is 1.30. The zero-order valence-electron chi connectivity index (χ0n) is 4.99. The molecule has 0 aliphatic rings. The Bertz CT molecular complexity index is 50.1. The summed E-state index contributed by atoms with van der Waals surface area (Å²) in [5.41, 5.74) is -0.186. The van der Waals surface area contributed by atoms with E-state index in [4.69, 9.17) is 12.8 Å². The van der Waals surface area contributed by atoms with Gasteiger partial charge in [-0.2, -0.15) is 0 Å². The quantitative estimate of drug-likeness (QED) is 0.379. The Morgan fingerprint density at radius 1 is 1.43 bits per heavy atom.